The van der Waals surface area contributed by atoms with Gasteiger partial charge in [0.05, 0.1) is 13.2 Å². The normalized spacial score (nSPS) is 18.9. The molecule has 8 heavy (non-hydrogen) atoms. The summed E-state index contributed by atoms with van der Waals surface area (Å²) >= 11 is 0. The van der Waals surface area contributed by atoms with Crippen molar-refractivity contribution >= 4 is 0 Å². The van der Waals surface area contributed by atoms with Crippen molar-refractivity contribution in [1.82, 2.24) is 0 Å². The predicted octanol–water partition coefficient (Wildman–Crippen LogP) is 1.28. The van der Waals surface area contributed by atoms with Gasteiger partial charge in [-0.15, -0.1) is 0 Å². The van der Waals surface area contributed by atoms with Crippen LogP contribution in [0.15, 0.2) is 12.0 Å². The summed E-state index contributed by atoms with van der Waals surface area (Å²) in [6.45, 7) is 3.51. The Hall–Kier alpha value is -0.660. The summed E-state index contributed by atoms with van der Waals surface area (Å²) in [6, 6.07) is 0. The minimum Gasteiger partial charge on any atom is -0.466 e. The molecule has 2 heteroatoms. The van der Waals surface area contributed by atoms with Crippen molar-refractivity contribution in [2.24, 2.45) is 0 Å². The third kappa shape index (κ3) is 1.15. The highest BCUT2D eigenvalue weighted by molar-refractivity contribution is 4.80. The molecule has 0 N–H and O–H groups in total. The molecule has 0 aromatic carbocycles. The van der Waals surface area contributed by atoms with Gasteiger partial charge in [-0.1, -0.05) is 0 Å². The number of hydrogen-bond donors (Lipinski definition) is 0. The van der Waals surface area contributed by atoms with E-state index in [1.54, 1.807) is 0 Å². The van der Waals surface area contributed by atoms with Crippen molar-refractivity contribution in [3.63, 3.8) is 0 Å². The average Bonchev–Trinajstić information content (AvgIpc) is 1.90. The third-order valence-corrected chi connectivity index (χ3v) is 1.01. The van der Waals surface area contributed by atoms with Gasteiger partial charge in [0.2, 0.25) is 0 Å². The molecule has 1 fully saturated rings. The molecule has 0 unspecified atom stereocenters. The van der Waals surface area contributed by atoms with Gasteiger partial charge >= 0.3 is 0 Å². The molecule has 0 radical (unpaired) electrons. The quantitative estimate of drug-likeness (QED) is 0.472. The monoisotopic (exact) mass is 114 g/mol. The van der Waals surface area contributed by atoms with E-state index in [4.69, 9.17) is 9.47 Å². The van der Waals surface area contributed by atoms with Crippen molar-refractivity contribution in [3.05, 3.63) is 12.0 Å². The molecule has 0 aliphatic carbocycles. The van der Waals surface area contributed by atoms with Crippen LogP contribution in [0.3, 0.4) is 0 Å². The fraction of sp³-hybridized carbons (Fsp3) is 0.667. The second-order valence-electron chi connectivity index (χ2n) is 1.66. The highest BCUT2D eigenvalue weighted by Gasteiger charge is 2.02. The van der Waals surface area contributed by atoms with E-state index in [9.17, 15) is 0 Å². The van der Waals surface area contributed by atoms with Gasteiger partial charge in [0.25, 0.3) is 5.95 Å². The molecule has 0 bridgehead atoms. The van der Waals surface area contributed by atoms with E-state index in [-0.39, 0.29) is 0 Å². The lowest BCUT2D eigenvalue weighted by atomic mass is 10.5. The molecule has 1 rings (SSSR count). The van der Waals surface area contributed by atoms with Crippen LogP contribution in [0.1, 0.15) is 13.3 Å². The highest BCUT2D eigenvalue weighted by atomic mass is 16.7. The van der Waals surface area contributed by atoms with Crippen LogP contribution in [-0.2, 0) is 9.47 Å². The van der Waals surface area contributed by atoms with E-state index in [1.807, 2.05) is 13.0 Å². The van der Waals surface area contributed by atoms with Gasteiger partial charge < -0.3 is 9.47 Å². The van der Waals surface area contributed by atoms with Gasteiger partial charge in [0.1, 0.15) is 0 Å². The Morgan fingerprint density at radius 3 is 2.38 bits per heavy atom. The Labute approximate surface area is 49.1 Å². The molecule has 1 aliphatic heterocycles. The smallest absolute Gasteiger partial charge is 0.274 e. The molecule has 0 aromatic heterocycles. The summed E-state index contributed by atoms with van der Waals surface area (Å²) in [4.78, 5) is 0. The van der Waals surface area contributed by atoms with Crippen molar-refractivity contribution in [2.45, 2.75) is 13.3 Å². The van der Waals surface area contributed by atoms with E-state index in [0.717, 1.165) is 19.6 Å². The first-order valence-electron chi connectivity index (χ1n) is 2.85. The van der Waals surface area contributed by atoms with Crippen LogP contribution >= 0.6 is 0 Å². The lowest BCUT2D eigenvalue weighted by Gasteiger charge is -2.15. The van der Waals surface area contributed by atoms with E-state index < -0.39 is 0 Å². The summed E-state index contributed by atoms with van der Waals surface area (Å²) in [5, 5.41) is 0. The van der Waals surface area contributed by atoms with Crippen molar-refractivity contribution in [1.29, 1.82) is 0 Å². The first-order chi connectivity index (χ1) is 3.93. The summed E-state index contributed by atoms with van der Waals surface area (Å²) in [5.74, 6) is 0.677. The lowest BCUT2D eigenvalue weighted by Crippen LogP contribution is -2.09. The molecule has 1 saturated heterocycles. The number of hydrogen-bond acceptors (Lipinski definition) is 2. The van der Waals surface area contributed by atoms with E-state index in [0.29, 0.717) is 5.95 Å². The molecular formula is C6H10O2. The zero-order chi connectivity index (χ0) is 5.82. The van der Waals surface area contributed by atoms with Crippen LogP contribution in [0, 0.1) is 0 Å². The standard InChI is InChI=1S/C6H10O2/c1-2-6-7-4-3-5-8-6/h2H,3-5H2,1H3. The molecule has 1 aliphatic rings. The number of allylic oxidation sites excluding steroid dienone is 1. The lowest BCUT2D eigenvalue weighted by molar-refractivity contribution is -0.0143. The maximum absolute atomic E-state index is 5.07. The van der Waals surface area contributed by atoms with Crippen molar-refractivity contribution in [2.75, 3.05) is 13.2 Å². The molecule has 0 saturated carbocycles. The van der Waals surface area contributed by atoms with Gasteiger partial charge in [-0.3, -0.25) is 0 Å². The van der Waals surface area contributed by atoms with Crippen LogP contribution < -0.4 is 0 Å². The topological polar surface area (TPSA) is 18.5 Å². The maximum Gasteiger partial charge on any atom is 0.274 e. The molecule has 46 valence electrons. The van der Waals surface area contributed by atoms with Crippen molar-refractivity contribution in [3.8, 4) is 0 Å². The van der Waals surface area contributed by atoms with E-state index >= 15 is 0 Å². The number of rotatable bonds is 0. The summed E-state index contributed by atoms with van der Waals surface area (Å²) in [5.41, 5.74) is 0. The molecule has 0 spiro atoms. The molecule has 0 aromatic rings. The molecular weight excluding hydrogens is 104 g/mol. The van der Waals surface area contributed by atoms with E-state index in [1.165, 1.54) is 0 Å². The Morgan fingerprint density at radius 2 is 2.00 bits per heavy atom. The Kier molecular flexibility index (Phi) is 1.78. The number of ether oxygens (including phenoxy) is 2. The second-order valence-corrected chi connectivity index (χ2v) is 1.66. The maximum atomic E-state index is 5.07. The van der Waals surface area contributed by atoms with E-state index in [2.05, 4.69) is 0 Å². The molecule has 1 heterocycles. The van der Waals surface area contributed by atoms with Crippen LogP contribution in [0.2, 0.25) is 0 Å². The minimum absolute atomic E-state index is 0.677. The van der Waals surface area contributed by atoms with Gasteiger partial charge in [-0.05, 0) is 13.0 Å². The summed E-state index contributed by atoms with van der Waals surface area (Å²) < 4.78 is 10.1. The van der Waals surface area contributed by atoms with Gasteiger partial charge in [0, 0.05) is 6.42 Å². The minimum atomic E-state index is 0.677. The Bertz CT molecular complexity index is 88.7. The van der Waals surface area contributed by atoms with Crippen LogP contribution in [0.25, 0.3) is 0 Å². The van der Waals surface area contributed by atoms with Gasteiger partial charge in [-0.2, -0.15) is 0 Å². The van der Waals surface area contributed by atoms with Gasteiger partial charge in [-0.25, -0.2) is 0 Å². The summed E-state index contributed by atoms with van der Waals surface area (Å²) in [6.07, 6.45) is 2.84. The Balaban J connectivity index is 2.33. The SMILES string of the molecule is CC=C1OCCCO1. The van der Waals surface area contributed by atoms with Gasteiger partial charge in [0.15, 0.2) is 0 Å². The third-order valence-electron chi connectivity index (χ3n) is 1.01. The van der Waals surface area contributed by atoms with Crippen LogP contribution in [-0.4, -0.2) is 13.2 Å². The molecule has 2 nitrogen and oxygen atoms in total. The molecule has 0 amide bonds. The molecule has 0 atom stereocenters. The highest BCUT2D eigenvalue weighted by Crippen LogP contribution is 2.06. The first-order valence-corrected chi connectivity index (χ1v) is 2.85. The predicted molar refractivity (Wildman–Crippen MR) is 30.3 cm³/mol. The zero-order valence-corrected chi connectivity index (χ0v) is 5.02. The Morgan fingerprint density at radius 1 is 1.38 bits per heavy atom. The second kappa shape index (κ2) is 2.60. The zero-order valence-electron chi connectivity index (χ0n) is 5.02. The fourth-order valence-corrected chi connectivity index (χ4v) is 0.613. The van der Waals surface area contributed by atoms with Crippen LogP contribution in [0.5, 0.6) is 0 Å². The first kappa shape index (κ1) is 5.48. The summed E-state index contributed by atoms with van der Waals surface area (Å²) in [7, 11) is 0. The average molecular weight is 114 g/mol. The van der Waals surface area contributed by atoms with Crippen molar-refractivity contribution < 1.29 is 9.47 Å². The fourth-order valence-electron chi connectivity index (χ4n) is 0.613. The van der Waals surface area contributed by atoms with Crippen LogP contribution in [0.4, 0.5) is 0 Å². The largest absolute Gasteiger partial charge is 0.466 e.